The molecule has 0 spiro atoms. The van der Waals surface area contributed by atoms with Gasteiger partial charge in [-0.05, 0) is 44.1 Å². The molecule has 5 unspecified atom stereocenters. The fraction of sp³-hybridized carbons (Fsp3) is 0.733. The first-order valence-electron chi connectivity index (χ1n) is 6.85. The van der Waals surface area contributed by atoms with Crippen LogP contribution in [0.2, 0.25) is 0 Å². The number of ether oxygens (including phenoxy) is 1. The summed E-state index contributed by atoms with van der Waals surface area (Å²) in [5, 5.41) is 0. The van der Waals surface area contributed by atoms with E-state index in [2.05, 4.69) is 20.8 Å². The molecule has 4 rings (SSSR count). The van der Waals surface area contributed by atoms with Crippen molar-refractivity contribution in [1.82, 2.24) is 0 Å². The normalized spacial score (nSPS) is 47.0. The molecule has 0 amide bonds. The van der Waals surface area contributed by atoms with E-state index in [1.165, 1.54) is 29.7 Å². The third-order valence-corrected chi connectivity index (χ3v) is 5.38. The predicted molar refractivity (Wildman–Crippen MR) is 65.1 cm³/mol. The van der Waals surface area contributed by atoms with E-state index in [0.717, 1.165) is 18.3 Å². The summed E-state index contributed by atoms with van der Waals surface area (Å²) in [4.78, 5) is 0. The first kappa shape index (κ1) is 10.2. The number of hydrogen-bond acceptors (Lipinski definition) is 2. The number of hydrogen-bond donors (Lipinski definition) is 0. The molecule has 3 aliphatic rings. The minimum Gasteiger partial charge on any atom is -0.469 e. The Kier molecular flexibility index (Phi) is 1.78. The van der Waals surface area contributed by atoms with E-state index in [-0.39, 0.29) is 5.60 Å². The van der Waals surface area contributed by atoms with Gasteiger partial charge in [0.2, 0.25) is 0 Å². The Balaban J connectivity index is 1.83. The van der Waals surface area contributed by atoms with Gasteiger partial charge >= 0.3 is 0 Å². The van der Waals surface area contributed by atoms with E-state index in [9.17, 15) is 0 Å². The highest BCUT2D eigenvalue weighted by molar-refractivity contribution is 5.38. The van der Waals surface area contributed by atoms with Crippen LogP contribution in [0.25, 0.3) is 0 Å². The van der Waals surface area contributed by atoms with Crippen molar-refractivity contribution in [2.45, 2.75) is 57.7 Å². The Morgan fingerprint density at radius 3 is 3.06 bits per heavy atom. The van der Waals surface area contributed by atoms with Crippen molar-refractivity contribution in [3.63, 3.8) is 0 Å². The lowest BCUT2D eigenvalue weighted by molar-refractivity contribution is 0.199. The number of aryl methyl sites for hydroxylation is 1. The second-order valence-corrected chi connectivity index (χ2v) is 6.52. The number of furan rings is 1. The largest absolute Gasteiger partial charge is 0.469 e. The second kappa shape index (κ2) is 2.97. The van der Waals surface area contributed by atoms with Crippen molar-refractivity contribution in [2.75, 3.05) is 0 Å². The molecule has 2 heteroatoms. The van der Waals surface area contributed by atoms with E-state index >= 15 is 0 Å². The Hall–Kier alpha value is -0.760. The molecule has 0 radical (unpaired) electrons. The molecule has 2 heterocycles. The summed E-state index contributed by atoms with van der Waals surface area (Å²) < 4.78 is 11.8. The van der Waals surface area contributed by atoms with Crippen molar-refractivity contribution < 1.29 is 9.15 Å². The van der Waals surface area contributed by atoms with Crippen molar-refractivity contribution in [3.8, 4) is 0 Å². The molecule has 0 N–H and O–H groups in total. The van der Waals surface area contributed by atoms with E-state index in [1.54, 1.807) is 0 Å². The van der Waals surface area contributed by atoms with Gasteiger partial charge in [0, 0.05) is 17.9 Å². The van der Waals surface area contributed by atoms with Gasteiger partial charge in [-0.2, -0.15) is 0 Å². The molecule has 5 atom stereocenters. The van der Waals surface area contributed by atoms with Crippen molar-refractivity contribution >= 4 is 0 Å². The lowest BCUT2D eigenvalue weighted by atomic mass is 9.62. The zero-order valence-corrected chi connectivity index (χ0v) is 10.8. The van der Waals surface area contributed by atoms with Gasteiger partial charge in [0.25, 0.3) is 0 Å². The third kappa shape index (κ3) is 1.20. The van der Waals surface area contributed by atoms with Gasteiger partial charge in [0.1, 0.15) is 5.76 Å². The number of fused-ring (bicyclic) bond motifs is 5. The van der Waals surface area contributed by atoms with E-state index in [1.807, 2.05) is 6.26 Å². The van der Waals surface area contributed by atoms with Gasteiger partial charge in [-0.25, -0.2) is 0 Å². The molecule has 0 aromatic carbocycles. The van der Waals surface area contributed by atoms with Gasteiger partial charge < -0.3 is 9.15 Å². The molecule has 1 saturated carbocycles. The standard InChI is InChI=1S/C15H20O2/c1-8-6-11-12(9(2)7-16-11)13-10(8)4-5-15(3)14(13)17-15/h7-8,10,13-14H,4-6H2,1-3H3. The highest BCUT2D eigenvalue weighted by Crippen LogP contribution is 2.60. The molecule has 17 heavy (non-hydrogen) atoms. The molecule has 1 aromatic rings. The van der Waals surface area contributed by atoms with Crippen LogP contribution in [-0.4, -0.2) is 11.7 Å². The van der Waals surface area contributed by atoms with Crippen LogP contribution in [0.3, 0.4) is 0 Å². The summed E-state index contributed by atoms with van der Waals surface area (Å²) in [7, 11) is 0. The lowest BCUT2D eigenvalue weighted by Gasteiger charge is -2.39. The molecule has 2 nitrogen and oxygen atoms in total. The quantitative estimate of drug-likeness (QED) is 0.640. The zero-order valence-electron chi connectivity index (χ0n) is 10.8. The Morgan fingerprint density at radius 2 is 2.24 bits per heavy atom. The smallest absolute Gasteiger partial charge is 0.107 e. The maximum absolute atomic E-state index is 6.02. The molecule has 1 aromatic heterocycles. The molecule has 92 valence electrons. The molecule has 1 aliphatic heterocycles. The van der Waals surface area contributed by atoms with Crippen molar-refractivity contribution in [3.05, 3.63) is 23.2 Å². The minimum absolute atomic E-state index is 0.180. The van der Waals surface area contributed by atoms with Crippen LogP contribution in [0.15, 0.2) is 10.7 Å². The van der Waals surface area contributed by atoms with Gasteiger partial charge in [-0.15, -0.1) is 0 Å². The lowest BCUT2D eigenvalue weighted by Crippen LogP contribution is -2.37. The number of rotatable bonds is 0. The Labute approximate surface area is 102 Å². The fourth-order valence-electron chi connectivity index (χ4n) is 4.33. The Bertz CT molecular complexity index is 475. The highest BCUT2D eigenvalue weighted by atomic mass is 16.6. The minimum atomic E-state index is 0.180. The summed E-state index contributed by atoms with van der Waals surface area (Å²) in [6.07, 6.45) is 6.08. The van der Waals surface area contributed by atoms with Crippen LogP contribution in [0.1, 0.15) is 49.5 Å². The average molecular weight is 232 g/mol. The van der Waals surface area contributed by atoms with Crippen LogP contribution >= 0.6 is 0 Å². The zero-order chi connectivity index (χ0) is 11.8. The maximum Gasteiger partial charge on any atom is 0.107 e. The van der Waals surface area contributed by atoms with Crippen LogP contribution in [0.4, 0.5) is 0 Å². The fourth-order valence-corrected chi connectivity index (χ4v) is 4.33. The molecular weight excluding hydrogens is 212 g/mol. The number of epoxide rings is 1. The Morgan fingerprint density at radius 1 is 1.41 bits per heavy atom. The first-order chi connectivity index (χ1) is 8.10. The predicted octanol–water partition coefficient (Wildman–Crippen LogP) is 3.43. The molecule has 1 saturated heterocycles. The van der Waals surface area contributed by atoms with Gasteiger partial charge in [-0.1, -0.05) is 6.92 Å². The molecule has 2 aliphatic carbocycles. The molecule has 2 fully saturated rings. The summed E-state index contributed by atoms with van der Waals surface area (Å²) in [6.45, 7) is 6.84. The topological polar surface area (TPSA) is 25.7 Å². The highest BCUT2D eigenvalue weighted by Gasteiger charge is 2.63. The van der Waals surface area contributed by atoms with Crippen LogP contribution < -0.4 is 0 Å². The van der Waals surface area contributed by atoms with E-state index < -0.39 is 0 Å². The second-order valence-electron chi connectivity index (χ2n) is 6.52. The third-order valence-electron chi connectivity index (χ3n) is 5.38. The SMILES string of the molecule is Cc1coc2c1C1C(CCC3(C)OC13)C(C)C2. The van der Waals surface area contributed by atoms with Crippen LogP contribution in [0, 0.1) is 18.8 Å². The van der Waals surface area contributed by atoms with E-state index in [0.29, 0.717) is 12.0 Å². The van der Waals surface area contributed by atoms with Gasteiger partial charge in [0.15, 0.2) is 0 Å². The van der Waals surface area contributed by atoms with Crippen LogP contribution in [-0.2, 0) is 11.2 Å². The molecule has 0 bridgehead atoms. The summed E-state index contributed by atoms with van der Waals surface area (Å²) in [6, 6.07) is 0. The van der Waals surface area contributed by atoms with Gasteiger partial charge in [-0.3, -0.25) is 0 Å². The monoisotopic (exact) mass is 232 g/mol. The summed E-state index contributed by atoms with van der Waals surface area (Å²) in [5.41, 5.74) is 3.00. The van der Waals surface area contributed by atoms with Crippen LogP contribution in [0.5, 0.6) is 0 Å². The average Bonchev–Trinajstić information content (AvgIpc) is 2.86. The summed E-state index contributed by atoms with van der Waals surface area (Å²) in [5.74, 6) is 3.38. The maximum atomic E-state index is 6.02. The first-order valence-corrected chi connectivity index (χ1v) is 6.85. The molecular formula is C15H20O2. The summed E-state index contributed by atoms with van der Waals surface area (Å²) >= 11 is 0. The van der Waals surface area contributed by atoms with Crippen molar-refractivity contribution in [1.29, 1.82) is 0 Å². The van der Waals surface area contributed by atoms with Crippen molar-refractivity contribution in [2.24, 2.45) is 11.8 Å². The van der Waals surface area contributed by atoms with Gasteiger partial charge in [0.05, 0.1) is 18.0 Å². The van der Waals surface area contributed by atoms with E-state index in [4.69, 9.17) is 9.15 Å².